The van der Waals surface area contributed by atoms with Gasteiger partial charge in [0.1, 0.15) is 0 Å². The molecule has 0 spiro atoms. The Morgan fingerprint density at radius 3 is 1.67 bits per heavy atom. The van der Waals surface area contributed by atoms with Crippen molar-refractivity contribution in [1.29, 1.82) is 0 Å². The van der Waals surface area contributed by atoms with Crippen LogP contribution in [0.5, 0.6) is 0 Å². The quantitative estimate of drug-likeness (QED) is 0.570. The number of aromatic nitrogens is 1. The van der Waals surface area contributed by atoms with Gasteiger partial charge in [-0.25, -0.2) is 0 Å². The fourth-order valence-electron chi connectivity index (χ4n) is 0.448. The van der Waals surface area contributed by atoms with Crippen LogP contribution in [-0.2, 0) is 0 Å². The van der Waals surface area contributed by atoms with Gasteiger partial charge in [0.15, 0.2) is 0 Å². The largest absolute Gasteiger partial charge is 0.262 e. The molecule has 0 amide bonds. The highest BCUT2D eigenvalue weighted by Gasteiger charge is 1.73. The van der Waals surface area contributed by atoms with Crippen LogP contribution in [-0.4, -0.2) is 4.98 Å². The Bertz CT molecular complexity index is 135. The highest BCUT2D eigenvalue weighted by molar-refractivity contribution is 4.99. The van der Waals surface area contributed by atoms with Crippen LogP contribution in [0.3, 0.4) is 0 Å². The minimum absolute atomic E-state index is 0. The van der Waals surface area contributed by atoms with E-state index in [4.69, 9.17) is 0 Å². The van der Waals surface area contributed by atoms with Gasteiger partial charge in [-0.15, -0.1) is 0 Å². The number of hydrogen-bond donors (Lipinski definition) is 0. The molecule has 0 saturated heterocycles. The Labute approximate surface area is 77.9 Å². The number of hydrogen-bond acceptors (Lipinski definition) is 1. The fourth-order valence-corrected chi connectivity index (χ4v) is 0.448. The van der Waals surface area contributed by atoms with Crippen LogP contribution in [0.2, 0.25) is 0 Å². The van der Waals surface area contributed by atoms with Gasteiger partial charge in [0.2, 0.25) is 0 Å². The molecule has 0 radical (unpaired) electrons. The second-order valence-electron chi connectivity index (χ2n) is 1.47. The number of rotatable bonds is 0. The van der Waals surface area contributed by atoms with Crippen LogP contribution >= 0.6 is 0 Å². The number of pyridine rings is 1. The molecule has 0 N–H and O–H groups in total. The van der Waals surface area contributed by atoms with Crippen LogP contribution < -0.4 is 0 Å². The molecule has 0 atom stereocenters. The Morgan fingerprint density at radius 1 is 1.00 bits per heavy atom. The maximum atomic E-state index is 3.98. The molecule has 0 saturated carbocycles. The van der Waals surface area contributed by atoms with Crippen molar-refractivity contribution in [3.63, 3.8) is 0 Å². The summed E-state index contributed by atoms with van der Waals surface area (Å²) in [6.07, 6.45) is 1.79. The smallest absolute Gasteiger partial charge is 0.0372 e. The molecule has 0 unspecified atom stereocenters. The summed E-state index contributed by atoms with van der Waals surface area (Å²) in [5.41, 5.74) is 1.07. The van der Waals surface area contributed by atoms with Gasteiger partial charge >= 0.3 is 0 Å². The predicted octanol–water partition coefficient (Wildman–Crippen LogP) is 4.08. The van der Waals surface area contributed by atoms with Crippen molar-refractivity contribution in [2.75, 3.05) is 0 Å². The summed E-state index contributed by atoms with van der Waals surface area (Å²) in [6.45, 7) is 9.97. The fraction of sp³-hybridized carbons (Fsp3) is 0.545. The summed E-state index contributed by atoms with van der Waals surface area (Å²) >= 11 is 0. The van der Waals surface area contributed by atoms with Crippen molar-refractivity contribution in [2.24, 2.45) is 0 Å². The molecule has 1 aromatic heterocycles. The van der Waals surface area contributed by atoms with Gasteiger partial charge in [0.25, 0.3) is 0 Å². The summed E-state index contributed by atoms with van der Waals surface area (Å²) in [4.78, 5) is 3.98. The van der Waals surface area contributed by atoms with Gasteiger partial charge in [-0.05, 0) is 19.1 Å². The van der Waals surface area contributed by atoms with E-state index in [1.54, 1.807) is 6.20 Å². The highest BCUT2D eigenvalue weighted by Crippen LogP contribution is 1.85. The van der Waals surface area contributed by atoms with Crippen molar-refractivity contribution >= 4 is 0 Å². The van der Waals surface area contributed by atoms with E-state index in [1.165, 1.54) is 0 Å². The van der Waals surface area contributed by atoms with Crippen LogP contribution in [0.4, 0.5) is 0 Å². The lowest BCUT2D eigenvalue weighted by Crippen LogP contribution is -1.72. The molecule has 0 aliphatic heterocycles. The molecular formula is C11H23N. The maximum Gasteiger partial charge on any atom is 0.0372 e. The van der Waals surface area contributed by atoms with Gasteiger partial charge in [-0.2, -0.15) is 0 Å². The lowest BCUT2D eigenvalue weighted by molar-refractivity contribution is 1.20. The molecule has 1 heteroatoms. The van der Waals surface area contributed by atoms with Crippen molar-refractivity contribution in [1.82, 2.24) is 4.98 Å². The van der Waals surface area contributed by atoms with E-state index in [1.807, 2.05) is 52.8 Å². The first kappa shape index (κ1) is 17.3. The van der Waals surface area contributed by atoms with E-state index in [-0.39, 0.29) is 7.43 Å². The molecule has 0 aliphatic carbocycles. The molecule has 0 fully saturated rings. The third-order valence-electron chi connectivity index (χ3n) is 0.813. The van der Waals surface area contributed by atoms with Crippen LogP contribution in [0.15, 0.2) is 24.4 Å². The van der Waals surface area contributed by atoms with Crippen LogP contribution in [0.1, 0.15) is 40.8 Å². The molecule has 72 valence electrons. The first-order valence-electron chi connectivity index (χ1n) is 4.27. The zero-order valence-electron chi connectivity index (χ0n) is 8.26. The lowest BCUT2D eigenvalue weighted by atomic mass is 10.4. The average molecular weight is 169 g/mol. The molecule has 1 heterocycles. The van der Waals surface area contributed by atoms with E-state index in [0.717, 1.165) is 5.69 Å². The minimum Gasteiger partial charge on any atom is -0.262 e. The molecule has 0 aromatic carbocycles. The third-order valence-corrected chi connectivity index (χ3v) is 0.813. The SMILES string of the molecule is C.CC.CC.Cc1ccccn1. The van der Waals surface area contributed by atoms with Gasteiger partial charge in [-0.3, -0.25) is 4.98 Å². The van der Waals surface area contributed by atoms with Gasteiger partial charge in [0, 0.05) is 11.9 Å². The predicted molar refractivity (Wildman–Crippen MR) is 58.4 cm³/mol. The van der Waals surface area contributed by atoms with E-state index >= 15 is 0 Å². The molecule has 1 aromatic rings. The highest BCUT2D eigenvalue weighted by atomic mass is 14.6. The van der Waals surface area contributed by atoms with E-state index < -0.39 is 0 Å². The molecule has 1 rings (SSSR count). The number of aryl methyl sites for hydroxylation is 1. The van der Waals surface area contributed by atoms with Crippen molar-refractivity contribution < 1.29 is 0 Å². The second kappa shape index (κ2) is 16.6. The van der Waals surface area contributed by atoms with Gasteiger partial charge in [-0.1, -0.05) is 41.2 Å². The zero-order chi connectivity index (χ0) is 9.11. The summed E-state index contributed by atoms with van der Waals surface area (Å²) in [5, 5.41) is 0. The van der Waals surface area contributed by atoms with Crippen molar-refractivity contribution in [2.45, 2.75) is 42.0 Å². The van der Waals surface area contributed by atoms with Crippen molar-refractivity contribution in [3.05, 3.63) is 30.1 Å². The van der Waals surface area contributed by atoms with Gasteiger partial charge < -0.3 is 0 Å². The van der Waals surface area contributed by atoms with E-state index in [9.17, 15) is 0 Å². The monoisotopic (exact) mass is 169 g/mol. The van der Waals surface area contributed by atoms with Crippen LogP contribution in [0.25, 0.3) is 0 Å². The summed E-state index contributed by atoms with van der Waals surface area (Å²) in [5.74, 6) is 0. The van der Waals surface area contributed by atoms with Crippen LogP contribution in [0, 0.1) is 6.92 Å². The second-order valence-corrected chi connectivity index (χ2v) is 1.47. The molecule has 12 heavy (non-hydrogen) atoms. The average Bonchev–Trinajstić information content (AvgIpc) is 2.13. The molecule has 1 nitrogen and oxygen atoms in total. The Kier molecular flexibility index (Phi) is 24.0. The van der Waals surface area contributed by atoms with E-state index in [2.05, 4.69) is 4.98 Å². The Balaban J connectivity index is -0.000000144. The first-order valence-corrected chi connectivity index (χ1v) is 4.27. The summed E-state index contributed by atoms with van der Waals surface area (Å²) < 4.78 is 0. The Morgan fingerprint density at radius 2 is 1.50 bits per heavy atom. The van der Waals surface area contributed by atoms with Crippen molar-refractivity contribution in [3.8, 4) is 0 Å². The number of nitrogens with zero attached hydrogens (tertiary/aromatic N) is 1. The third kappa shape index (κ3) is 11.9. The first-order chi connectivity index (χ1) is 5.39. The molecule has 0 bridgehead atoms. The van der Waals surface area contributed by atoms with E-state index in [0.29, 0.717) is 0 Å². The minimum atomic E-state index is 0. The molecular weight excluding hydrogens is 146 g/mol. The lowest BCUT2D eigenvalue weighted by Gasteiger charge is -1.82. The molecule has 0 aliphatic rings. The standard InChI is InChI=1S/C6H7N.2C2H6.CH4/c1-6-4-2-3-5-7-6;2*1-2;/h2-5H,1H3;2*1-2H3;1H4. The van der Waals surface area contributed by atoms with Gasteiger partial charge in [0.05, 0.1) is 0 Å². The Hall–Kier alpha value is -0.850. The zero-order valence-corrected chi connectivity index (χ0v) is 8.26. The maximum absolute atomic E-state index is 3.98. The summed E-state index contributed by atoms with van der Waals surface area (Å²) in [6, 6.07) is 5.86. The summed E-state index contributed by atoms with van der Waals surface area (Å²) in [7, 11) is 0. The normalized spacial score (nSPS) is 6.08. The topological polar surface area (TPSA) is 12.9 Å².